The zero-order chi connectivity index (χ0) is 21.0. The summed E-state index contributed by atoms with van der Waals surface area (Å²) in [5.41, 5.74) is 1.03. The van der Waals surface area contributed by atoms with Crippen LogP contribution >= 0.6 is 0 Å². The second-order valence-electron chi connectivity index (χ2n) is 7.21. The molecule has 6 nitrogen and oxygen atoms in total. The zero-order valence-electron chi connectivity index (χ0n) is 16.6. The van der Waals surface area contributed by atoms with Gasteiger partial charge in [0.1, 0.15) is 5.82 Å². The van der Waals surface area contributed by atoms with Gasteiger partial charge in [-0.15, -0.1) is 0 Å². The van der Waals surface area contributed by atoms with Crippen LogP contribution in [0.2, 0.25) is 0 Å². The topological polar surface area (TPSA) is 69.7 Å². The molecule has 3 rings (SSSR count). The minimum atomic E-state index is -3.66. The van der Waals surface area contributed by atoms with Crippen molar-refractivity contribution < 1.29 is 17.6 Å². The number of carbonyl (C=O) groups is 1. The smallest absolute Gasteiger partial charge is 0.243 e. The van der Waals surface area contributed by atoms with Gasteiger partial charge in [0.25, 0.3) is 0 Å². The second kappa shape index (κ2) is 9.02. The van der Waals surface area contributed by atoms with E-state index in [4.69, 9.17) is 0 Å². The van der Waals surface area contributed by atoms with Crippen molar-refractivity contribution in [2.45, 2.75) is 30.8 Å². The highest BCUT2D eigenvalue weighted by Crippen LogP contribution is 2.19. The van der Waals surface area contributed by atoms with Gasteiger partial charge in [0.15, 0.2) is 0 Å². The van der Waals surface area contributed by atoms with Crippen molar-refractivity contribution in [1.29, 1.82) is 0 Å². The molecule has 2 aromatic rings. The highest BCUT2D eigenvalue weighted by molar-refractivity contribution is 7.89. The molecule has 0 saturated carbocycles. The lowest BCUT2D eigenvalue weighted by atomic mass is 10.1. The molecule has 1 heterocycles. The fourth-order valence-electron chi connectivity index (χ4n) is 3.41. The Kier molecular flexibility index (Phi) is 6.66. The number of nitrogens with one attached hydrogen (secondary N) is 1. The summed E-state index contributed by atoms with van der Waals surface area (Å²) in [6.07, 6.45) is 0. The van der Waals surface area contributed by atoms with E-state index >= 15 is 0 Å². The van der Waals surface area contributed by atoms with Crippen LogP contribution in [0, 0.1) is 5.82 Å². The van der Waals surface area contributed by atoms with Gasteiger partial charge in [-0.3, -0.25) is 9.69 Å². The first kappa shape index (κ1) is 21.4. The molecular weight excluding hydrogens is 393 g/mol. The molecule has 0 radical (unpaired) electrons. The van der Waals surface area contributed by atoms with Crippen molar-refractivity contribution in [3.05, 3.63) is 66.0 Å². The first-order valence-corrected chi connectivity index (χ1v) is 11.1. The lowest BCUT2D eigenvalue weighted by Gasteiger charge is -2.37. The Morgan fingerprint density at radius 3 is 2.14 bits per heavy atom. The van der Waals surface area contributed by atoms with Crippen LogP contribution in [-0.2, 0) is 14.8 Å². The molecule has 0 bridgehead atoms. The monoisotopic (exact) mass is 419 g/mol. The molecule has 1 aliphatic heterocycles. The van der Waals surface area contributed by atoms with Crippen molar-refractivity contribution >= 4 is 15.9 Å². The highest BCUT2D eigenvalue weighted by atomic mass is 32.2. The molecule has 29 heavy (non-hydrogen) atoms. The van der Waals surface area contributed by atoms with E-state index in [1.54, 1.807) is 0 Å². The van der Waals surface area contributed by atoms with Crippen molar-refractivity contribution in [2.75, 3.05) is 26.2 Å². The van der Waals surface area contributed by atoms with E-state index in [0.29, 0.717) is 13.1 Å². The van der Waals surface area contributed by atoms with Gasteiger partial charge < -0.3 is 5.32 Å². The highest BCUT2D eigenvalue weighted by Gasteiger charge is 2.32. The summed E-state index contributed by atoms with van der Waals surface area (Å²) in [7, 11) is -3.66. The number of rotatable bonds is 6. The largest absolute Gasteiger partial charge is 0.348 e. The number of hydrogen-bond acceptors (Lipinski definition) is 4. The van der Waals surface area contributed by atoms with Crippen LogP contribution in [0.25, 0.3) is 0 Å². The third kappa shape index (κ3) is 5.01. The second-order valence-corrected chi connectivity index (χ2v) is 9.15. The van der Waals surface area contributed by atoms with Crippen LogP contribution < -0.4 is 5.32 Å². The van der Waals surface area contributed by atoms with Gasteiger partial charge in [-0.2, -0.15) is 4.31 Å². The van der Waals surface area contributed by atoms with E-state index in [-0.39, 0.29) is 36.0 Å². The summed E-state index contributed by atoms with van der Waals surface area (Å²) in [5, 5.41) is 3.02. The fraction of sp³-hybridized carbons (Fsp3) is 0.381. The van der Waals surface area contributed by atoms with Crippen LogP contribution in [-0.4, -0.2) is 55.8 Å². The van der Waals surface area contributed by atoms with Crippen molar-refractivity contribution in [2.24, 2.45) is 0 Å². The van der Waals surface area contributed by atoms with Gasteiger partial charge in [0.05, 0.1) is 17.0 Å². The molecule has 0 aromatic heterocycles. The number of carbonyl (C=O) groups excluding carboxylic acids is 1. The molecular formula is C21H26FN3O3S. The van der Waals surface area contributed by atoms with Crippen molar-refractivity contribution in [1.82, 2.24) is 14.5 Å². The molecule has 0 unspecified atom stereocenters. The van der Waals surface area contributed by atoms with E-state index < -0.39 is 15.8 Å². The summed E-state index contributed by atoms with van der Waals surface area (Å²) in [6, 6.07) is 14.1. The third-order valence-electron chi connectivity index (χ3n) is 5.31. The van der Waals surface area contributed by atoms with Crippen LogP contribution in [0.5, 0.6) is 0 Å². The molecule has 156 valence electrons. The van der Waals surface area contributed by atoms with E-state index in [2.05, 4.69) is 5.32 Å². The lowest BCUT2D eigenvalue weighted by Crippen LogP contribution is -2.55. The van der Waals surface area contributed by atoms with E-state index in [0.717, 1.165) is 17.7 Å². The van der Waals surface area contributed by atoms with Gasteiger partial charge in [0, 0.05) is 26.2 Å². The van der Waals surface area contributed by atoms with Crippen LogP contribution in [0.15, 0.2) is 59.5 Å². The summed E-state index contributed by atoms with van der Waals surface area (Å²) in [5.74, 6) is -0.561. The van der Waals surface area contributed by atoms with Crippen LogP contribution in [0.3, 0.4) is 0 Å². The number of sulfonamides is 1. The summed E-state index contributed by atoms with van der Waals surface area (Å²) < 4.78 is 39.9. The number of halogens is 1. The molecule has 0 aliphatic carbocycles. The normalized spacial score (nSPS) is 18.2. The first-order chi connectivity index (χ1) is 13.8. The van der Waals surface area contributed by atoms with Crippen molar-refractivity contribution in [3.8, 4) is 0 Å². The number of amides is 1. The molecule has 1 aliphatic rings. The van der Waals surface area contributed by atoms with Crippen LogP contribution in [0.4, 0.5) is 4.39 Å². The maximum absolute atomic E-state index is 13.1. The molecule has 1 amide bonds. The number of nitrogens with zero attached hydrogens (tertiary/aromatic N) is 2. The van der Waals surface area contributed by atoms with Gasteiger partial charge >= 0.3 is 0 Å². The first-order valence-electron chi connectivity index (χ1n) is 9.64. The fourth-order valence-corrected chi connectivity index (χ4v) is 4.83. The van der Waals surface area contributed by atoms with Gasteiger partial charge in [-0.25, -0.2) is 12.8 Å². The van der Waals surface area contributed by atoms with Crippen molar-refractivity contribution in [3.63, 3.8) is 0 Å². The molecule has 8 heteroatoms. The summed E-state index contributed by atoms with van der Waals surface area (Å²) >= 11 is 0. The minimum absolute atomic E-state index is 0.0785. The number of benzene rings is 2. The maximum Gasteiger partial charge on any atom is 0.243 e. The molecule has 1 N–H and O–H groups in total. The van der Waals surface area contributed by atoms with Gasteiger partial charge in [0.2, 0.25) is 15.9 Å². The molecule has 0 spiro atoms. The van der Waals surface area contributed by atoms with E-state index in [9.17, 15) is 17.6 Å². The quantitative estimate of drug-likeness (QED) is 0.781. The number of hydrogen-bond donors (Lipinski definition) is 1. The Hall–Kier alpha value is -2.29. The summed E-state index contributed by atoms with van der Waals surface area (Å²) in [4.78, 5) is 14.7. The standard InChI is InChI=1S/C21H26FN3O3S/c1-16(18-6-4-3-5-7-18)23-21(26)17(2)24-12-14-25(15-13-24)29(27,28)20-10-8-19(22)9-11-20/h3-11,16-17H,12-15H2,1-2H3,(H,23,26)/t16-,17+/m1/s1. The van der Waals surface area contributed by atoms with Gasteiger partial charge in [-0.1, -0.05) is 30.3 Å². The van der Waals surface area contributed by atoms with Crippen LogP contribution in [0.1, 0.15) is 25.5 Å². The Morgan fingerprint density at radius 2 is 1.55 bits per heavy atom. The van der Waals surface area contributed by atoms with E-state index in [1.165, 1.54) is 16.4 Å². The molecule has 2 aromatic carbocycles. The zero-order valence-corrected chi connectivity index (χ0v) is 17.4. The predicted octanol–water partition coefficient (Wildman–Crippen LogP) is 2.40. The Bertz CT molecular complexity index is 927. The Balaban J connectivity index is 1.57. The SMILES string of the molecule is C[C@@H](NC(=O)[C@H](C)N1CCN(S(=O)(=O)c2ccc(F)cc2)CC1)c1ccccc1. The predicted molar refractivity (Wildman–Crippen MR) is 109 cm³/mol. The minimum Gasteiger partial charge on any atom is -0.348 e. The third-order valence-corrected chi connectivity index (χ3v) is 7.22. The summed E-state index contributed by atoms with van der Waals surface area (Å²) in [6.45, 7) is 5.24. The Morgan fingerprint density at radius 1 is 0.966 bits per heavy atom. The molecule has 1 fully saturated rings. The maximum atomic E-state index is 13.1. The average Bonchev–Trinajstić information content (AvgIpc) is 2.74. The van der Waals surface area contributed by atoms with Gasteiger partial charge in [-0.05, 0) is 43.7 Å². The number of piperazine rings is 1. The lowest BCUT2D eigenvalue weighted by molar-refractivity contribution is -0.127. The average molecular weight is 420 g/mol. The molecule has 2 atom stereocenters. The van der Waals surface area contributed by atoms with E-state index in [1.807, 2.05) is 49.1 Å². The molecule has 1 saturated heterocycles. The Labute approximate surface area is 171 Å².